The Balaban J connectivity index is -0.0000000800. The van der Waals surface area contributed by atoms with Crippen LogP contribution < -0.4 is 0 Å². The number of hydrogen-bond donors (Lipinski definition) is 0. The summed E-state index contributed by atoms with van der Waals surface area (Å²) in [5.41, 5.74) is 0. The fourth-order valence-electron chi connectivity index (χ4n) is 0. The zero-order valence-corrected chi connectivity index (χ0v) is 7.49. The largest absolute Gasteiger partial charge is 0.412 e. The van der Waals surface area contributed by atoms with E-state index in [4.69, 9.17) is 0 Å². The summed E-state index contributed by atoms with van der Waals surface area (Å²) in [5.74, 6) is 0.884. The van der Waals surface area contributed by atoms with Gasteiger partial charge < -0.3 is 5.48 Å². The second-order valence-corrected chi connectivity index (χ2v) is 2.51. The van der Waals surface area contributed by atoms with Crippen LogP contribution in [0.3, 0.4) is 0 Å². The lowest BCUT2D eigenvalue weighted by molar-refractivity contribution is 0.626. The maximum atomic E-state index is 2.22. The Bertz CT molecular complexity index is 25.7. The summed E-state index contributed by atoms with van der Waals surface area (Å²) >= 11 is 0. The molecule has 0 heterocycles. The van der Waals surface area contributed by atoms with Crippen LogP contribution >= 0.6 is 0 Å². The molecule has 0 amide bonds. The van der Waals surface area contributed by atoms with Crippen molar-refractivity contribution in [3.63, 3.8) is 0 Å². The van der Waals surface area contributed by atoms with Crippen LogP contribution in [0.1, 0.15) is 47.5 Å². The van der Waals surface area contributed by atoms with E-state index >= 15 is 0 Å². The molecule has 0 aliphatic rings. The third-order valence-electron chi connectivity index (χ3n) is 0.816. The number of rotatable bonds is 1. The predicted molar refractivity (Wildman–Crippen MR) is 44.7 cm³/mol. The average Bonchev–Trinajstić information content (AvgIpc) is 1.69. The minimum atomic E-state index is 0. The molecule has 0 saturated carbocycles. The van der Waals surface area contributed by atoms with Crippen LogP contribution in [0.15, 0.2) is 0 Å². The van der Waals surface area contributed by atoms with Crippen molar-refractivity contribution in [1.29, 1.82) is 0 Å². The van der Waals surface area contributed by atoms with Gasteiger partial charge in [-0.25, -0.2) is 0 Å². The summed E-state index contributed by atoms with van der Waals surface area (Å²) in [6.45, 7) is 10.9. The first-order valence-corrected chi connectivity index (χ1v) is 3.68. The average molecular weight is 134 g/mol. The summed E-state index contributed by atoms with van der Waals surface area (Å²) in [4.78, 5) is 0. The fourth-order valence-corrected chi connectivity index (χ4v) is 0. The molecule has 60 valence electrons. The van der Waals surface area contributed by atoms with E-state index in [0.717, 1.165) is 5.92 Å². The molecule has 0 radical (unpaired) electrons. The standard InChI is InChI=1S/C5H12.C3H8.H2O/c1-4-5(2)3;1-3-2;/h5H,4H2,1-3H3;3H2,1-2H3;1H2. The summed E-state index contributed by atoms with van der Waals surface area (Å²) in [6, 6.07) is 0. The smallest absolute Gasteiger partial charge is 0.0474 e. The second-order valence-electron chi connectivity index (χ2n) is 2.51. The van der Waals surface area contributed by atoms with Crippen molar-refractivity contribution in [2.75, 3.05) is 0 Å². The highest BCUT2D eigenvalue weighted by atomic mass is 16.0. The van der Waals surface area contributed by atoms with Gasteiger partial charge in [0, 0.05) is 0 Å². The highest BCUT2D eigenvalue weighted by molar-refractivity contribution is 4.32. The van der Waals surface area contributed by atoms with E-state index in [9.17, 15) is 0 Å². The topological polar surface area (TPSA) is 31.5 Å². The minimum absolute atomic E-state index is 0. The molecule has 0 aromatic heterocycles. The van der Waals surface area contributed by atoms with Crippen molar-refractivity contribution in [3.05, 3.63) is 0 Å². The van der Waals surface area contributed by atoms with Gasteiger partial charge in [-0.15, -0.1) is 0 Å². The van der Waals surface area contributed by atoms with Crippen LogP contribution in [0, 0.1) is 5.92 Å². The van der Waals surface area contributed by atoms with Crippen molar-refractivity contribution < 1.29 is 5.48 Å². The predicted octanol–water partition coefficient (Wildman–Crippen LogP) is 2.64. The molecule has 0 aliphatic carbocycles. The summed E-state index contributed by atoms with van der Waals surface area (Å²) in [6.07, 6.45) is 2.56. The zero-order chi connectivity index (χ0) is 6.99. The lowest BCUT2D eigenvalue weighted by Crippen LogP contribution is -1.77. The van der Waals surface area contributed by atoms with Gasteiger partial charge >= 0.3 is 0 Å². The highest BCUT2D eigenvalue weighted by Crippen LogP contribution is 1.93. The zero-order valence-electron chi connectivity index (χ0n) is 7.49. The van der Waals surface area contributed by atoms with Crippen molar-refractivity contribution in [2.24, 2.45) is 5.92 Å². The van der Waals surface area contributed by atoms with Gasteiger partial charge in [0.05, 0.1) is 0 Å². The molecule has 0 aromatic carbocycles. The Hall–Kier alpha value is -0.0400. The van der Waals surface area contributed by atoms with E-state index in [1.165, 1.54) is 12.8 Å². The Labute approximate surface area is 59.8 Å². The third-order valence-corrected chi connectivity index (χ3v) is 0.816. The minimum Gasteiger partial charge on any atom is -0.412 e. The van der Waals surface area contributed by atoms with Crippen LogP contribution in [0.2, 0.25) is 0 Å². The molecule has 9 heavy (non-hydrogen) atoms. The molecule has 0 aromatic rings. The van der Waals surface area contributed by atoms with Gasteiger partial charge in [0.25, 0.3) is 0 Å². The second kappa shape index (κ2) is 15.7. The van der Waals surface area contributed by atoms with Gasteiger partial charge in [0.1, 0.15) is 0 Å². The Morgan fingerprint density at radius 1 is 1.00 bits per heavy atom. The molecule has 0 spiro atoms. The van der Waals surface area contributed by atoms with Crippen LogP contribution in [0.4, 0.5) is 0 Å². The van der Waals surface area contributed by atoms with Crippen LogP contribution in [-0.4, -0.2) is 5.48 Å². The Kier molecular flexibility index (Phi) is 27.8. The highest BCUT2D eigenvalue weighted by Gasteiger charge is 1.80. The van der Waals surface area contributed by atoms with Crippen molar-refractivity contribution in [3.8, 4) is 0 Å². The third kappa shape index (κ3) is 73.6. The maximum Gasteiger partial charge on any atom is -0.0474 e. The van der Waals surface area contributed by atoms with Crippen LogP contribution in [0.25, 0.3) is 0 Å². The van der Waals surface area contributed by atoms with Gasteiger partial charge in [-0.05, 0) is 5.92 Å². The molecule has 1 nitrogen and oxygen atoms in total. The van der Waals surface area contributed by atoms with Gasteiger partial charge in [-0.3, -0.25) is 0 Å². The van der Waals surface area contributed by atoms with Gasteiger partial charge in [-0.2, -0.15) is 0 Å². The van der Waals surface area contributed by atoms with E-state index < -0.39 is 0 Å². The molecule has 2 N–H and O–H groups in total. The molecule has 0 aliphatic heterocycles. The molecule has 0 bridgehead atoms. The summed E-state index contributed by atoms with van der Waals surface area (Å²) in [7, 11) is 0. The van der Waals surface area contributed by atoms with Gasteiger partial charge in [0.2, 0.25) is 0 Å². The van der Waals surface area contributed by atoms with E-state index in [0.29, 0.717) is 0 Å². The molecule has 0 atom stereocenters. The summed E-state index contributed by atoms with van der Waals surface area (Å²) < 4.78 is 0. The molecular weight excluding hydrogens is 112 g/mol. The van der Waals surface area contributed by atoms with E-state index in [-0.39, 0.29) is 5.48 Å². The fraction of sp³-hybridized carbons (Fsp3) is 1.00. The monoisotopic (exact) mass is 134 g/mol. The van der Waals surface area contributed by atoms with E-state index in [1.54, 1.807) is 0 Å². The first-order chi connectivity index (χ1) is 3.68. The molecule has 0 saturated heterocycles. The lowest BCUT2D eigenvalue weighted by atomic mass is 10.2. The van der Waals surface area contributed by atoms with Gasteiger partial charge in [0.15, 0.2) is 0 Å². The van der Waals surface area contributed by atoms with Crippen LogP contribution in [0.5, 0.6) is 0 Å². The molecule has 0 rings (SSSR count). The first-order valence-electron chi connectivity index (χ1n) is 3.68. The molecular formula is C8H22O. The van der Waals surface area contributed by atoms with Crippen molar-refractivity contribution >= 4 is 0 Å². The molecule has 0 fully saturated rings. The normalized spacial score (nSPS) is 7.33. The van der Waals surface area contributed by atoms with E-state index in [2.05, 4.69) is 34.6 Å². The number of hydrogen-bond acceptors (Lipinski definition) is 0. The SMILES string of the molecule is CCC.CCC(C)C.O. The van der Waals surface area contributed by atoms with E-state index in [1.807, 2.05) is 0 Å². The lowest BCUT2D eigenvalue weighted by Gasteiger charge is -1.90. The summed E-state index contributed by atoms with van der Waals surface area (Å²) in [5, 5.41) is 0. The Morgan fingerprint density at radius 2 is 1.11 bits per heavy atom. The van der Waals surface area contributed by atoms with Crippen molar-refractivity contribution in [1.82, 2.24) is 0 Å². The van der Waals surface area contributed by atoms with Crippen LogP contribution in [-0.2, 0) is 0 Å². The Morgan fingerprint density at radius 3 is 1.11 bits per heavy atom. The molecule has 0 unspecified atom stereocenters. The van der Waals surface area contributed by atoms with Gasteiger partial charge in [-0.1, -0.05) is 47.5 Å². The quantitative estimate of drug-likeness (QED) is 0.528. The first kappa shape index (κ1) is 16.0. The molecule has 1 heteroatoms. The maximum absolute atomic E-state index is 2.22. The van der Waals surface area contributed by atoms with Crippen molar-refractivity contribution in [2.45, 2.75) is 47.5 Å².